The summed E-state index contributed by atoms with van der Waals surface area (Å²) in [6.45, 7) is 4.36. The van der Waals surface area contributed by atoms with Crippen molar-refractivity contribution in [1.29, 1.82) is 0 Å². The lowest BCUT2D eigenvalue weighted by molar-refractivity contribution is -0.137. The highest BCUT2D eigenvalue weighted by Crippen LogP contribution is 2.39. The van der Waals surface area contributed by atoms with Gasteiger partial charge in [-0.15, -0.1) is 0 Å². The number of carbonyl (C=O) groups excluding carboxylic acids is 1. The topological polar surface area (TPSA) is 86.1 Å². The summed E-state index contributed by atoms with van der Waals surface area (Å²) >= 11 is 0. The highest BCUT2D eigenvalue weighted by Gasteiger charge is 2.36. The predicted octanol–water partition coefficient (Wildman–Crippen LogP) is 3.86. The Morgan fingerprint density at radius 2 is 1.82 bits per heavy atom. The summed E-state index contributed by atoms with van der Waals surface area (Å²) in [5.74, 6) is 0.289. The summed E-state index contributed by atoms with van der Waals surface area (Å²) in [5, 5.41) is 13.6. The van der Waals surface area contributed by atoms with Gasteiger partial charge in [-0.25, -0.2) is 9.50 Å². The van der Waals surface area contributed by atoms with Crippen LogP contribution in [0.25, 0.3) is 28.0 Å². The molecule has 9 heteroatoms. The van der Waals surface area contributed by atoms with Crippen molar-refractivity contribution in [3.63, 3.8) is 0 Å². The number of amides is 1. The molecule has 0 bridgehead atoms. The SMILES string of the molecule is CCC(CC)n1cc(-c2nc(-c3cnn([C@H]4C[C@H](C(=O)N(C)C)C4)c3)cn3nccc23)cn1. The fourth-order valence-corrected chi connectivity index (χ4v) is 4.64. The molecule has 172 valence electrons. The largest absolute Gasteiger partial charge is 0.349 e. The smallest absolute Gasteiger partial charge is 0.225 e. The molecular weight excluding hydrogens is 416 g/mol. The first-order chi connectivity index (χ1) is 16.0. The number of nitrogens with zero attached hydrogens (tertiary/aromatic N) is 8. The summed E-state index contributed by atoms with van der Waals surface area (Å²) in [7, 11) is 3.62. The lowest BCUT2D eigenvalue weighted by Crippen LogP contribution is -2.39. The molecule has 9 nitrogen and oxygen atoms in total. The lowest BCUT2D eigenvalue weighted by Gasteiger charge is -2.35. The molecule has 33 heavy (non-hydrogen) atoms. The zero-order valence-corrected chi connectivity index (χ0v) is 19.6. The van der Waals surface area contributed by atoms with Crippen LogP contribution in [0.3, 0.4) is 0 Å². The van der Waals surface area contributed by atoms with Gasteiger partial charge in [-0.05, 0) is 31.7 Å². The van der Waals surface area contributed by atoms with E-state index in [1.165, 1.54) is 0 Å². The normalized spacial score (nSPS) is 18.1. The first kappa shape index (κ1) is 21.4. The van der Waals surface area contributed by atoms with Crippen LogP contribution in [0.15, 0.2) is 43.2 Å². The Balaban J connectivity index is 1.44. The number of rotatable bonds is 7. The summed E-state index contributed by atoms with van der Waals surface area (Å²) in [4.78, 5) is 18.8. The summed E-state index contributed by atoms with van der Waals surface area (Å²) < 4.78 is 5.86. The van der Waals surface area contributed by atoms with Gasteiger partial charge < -0.3 is 4.90 Å². The fourth-order valence-electron chi connectivity index (χ4n) is 4.64. The second kappa shape index (κ2) is 8.46. The molecule has 0 atom stereocenters. The molecule has 4 aromatic heterocycles. The molecule has 0 radical (unpaired) electrons. The van der Waals surface area contributed by atoms with Gasteiger partial charge in [0.25, 0.3) is 0 Å². The van der Waals surface area contributed by atoms with Gasteiger partial charge in [0.2, 0.25) is 5.91 Å². The van der Waals surface area contributed by atoms with E-state index in [2.05, 4.69) is 35.3 Å². The summed E-state index contributed by atoms with van der Waals surface area (Å²) in [5.41, 5.74) is 4.52. The first-order valence-corrected chi connectivity index (χ1v) is 11.6. The maximum atomic E-state index is 12.2. The molecule has 4 aromatic rings. The predicted molar refractivity (Wildman–Crippen MR) is 126 cm³/mol. The molecule has 0 spiro atoms. The minimum absolute atomic E-state index is 0.0920. The molecule has 0 saturated heterocycles. The van der Waals surface area contributed by atoms with Crippen LogP contribution in [0.1, 0.15) is 51.6 Å². The molecule has 1 fully saturated rings. The standard InChI is InChI=1S/C24H30N8O/c1-5-19(6-2)30-14-18(12-27-30)23-22-7-8-25-32(22)15-21(28-23)17-11-26-31(13-17)20-9-16(10-20)24(33)29(3)4/h7-8,11-16,19-20H,5-6,9-10H2,1-4H3/t16-,20-. The number of carbonyl (C=O) groups is 1. The second-order valence-corrected chi connectivity index (χ2v) is 9.08. The van der Waals surface area contributed by atoms with E-state index in [1.54, 1.807) is 11.1 Å². The van der Waals surface area contributed by atoms with E-state index in [1.807, 2.05) is 58.8 Å². The minimum atomic E-state index is 0.0920. The van der Waals surface area contributed by atoms with Crippen LogP contribution in [-0.2, 0) is 4.79 Å². The van der Waals surface area contributed by atoms with Gasteiger partial charge in [0.1, 0.15) is 0 Å². The molecule has 0 N–H and O–H groups in total. The van der Waals surface area contributed by atoms with Crippen LogP contribution in [0, 0.1) is 5.92 Å². The second-order valence-electron chi connectivity index (χ2n) is 9.08. The Hall–Kier alpha value is -3.49. The van der Waals surface area contributed by atoms with Crippen LogP contribution in [0.2, 0.25) is 0 Å². The average molecular weight is 447 g/mol. The molecule has 5 rings (SSSR count). The van der Waals surface area contributed by atoms with Crippen molar-refractivity contribution in [2.75, 3.05) is 14.1 Å². The number of aromatic nitrogens is 7. The van der Waals surface area contributed by atoms with Crippen LogP contribution < -0.4 is 0 Å². The Morgan fingerprint density at radius 1 is 1.06 bits per heavy atom. The van der Waals surface area contributed by atoms with E-state index in [4.69, 9.17) is 4.98 Å². The average Bonchev–Trinajstić information content (AvgIpc) is 3.53. The van der Waals surface area contributed by atoms with E-state index in [0.717, 1.165) is 53.7 Å². The molecule has 4 heterocycles. The zero-order valence-electron chi connectivity index (χ0n) is 19.6. The summed E-state index contributed by atoms with van der Waals surface area (Å²) in [6, 6.07) is 2.60. The number of hydrogen-bond donors (Lipinski definition) is 0. The summed E-state index contributed by atoms with van der Waals surface area (Å²) in [6.07, 6.45) is 15.3. The molecule has 1 amide bonds. The zero-order chi connectivity index (χ0) is 23.1. The van der Waals surface area contributed by atoms with Crippen molar-refractivity contribution in [1.82, 2.24) is 39.1 Å². The Morgan fingerprint density at radius 3 is 2.55 bits per heavy atom. The van der Waals surface area contributed by atoms with Crippen LogP contribution in [0.4, 0.5) is 0 Å². The third kappa shape index (κ3) is 3.81. The number of hydrogen-bond acceptors (Lipinski definition) is 5. The van der Waals surface area contributed by atoms with Crippen LogP contribution >= 0.6 is 0 Å². The van der Waals surface area contributed by atoms with Crippen LogP contribution in [0.5, 0.6) is 0 Å². The van der Waals surface area contributed by atoms with Crippen molar-refractivity contribution in [2.24, 2.45) is 5.92 Å². The third-order valence-electron chi connectivity index (χ3n) is 6.76. The maximum Gasteiger partial charge on any atom is 0.225 e. The van der Waals surface area contributed by atoms with Gasteiger partial charge in [-0.3, -0.25) is 14.2 Å². The van der Waals surface area contributed by atoms with E-state index < -0.39 is 0 Å². The van der Waals surface area contributed by atoms with Crippen molar-refractivity contribution in [3.05, 3.63) is 43.2 Å². The molecule has 1 saturated carbocycles. The van der Waals surface area contributed by atoms with E-state index in [9.17, 15) is 4.79 Å². The highest BCUT2D eigenvalue weighted by atomic mass is 16.2. The van der Waals surface area contributed by atoms with Crippen LogP contribution in [-0.4, -0.2) is 59.1 Å². The molecular formula is C24H30N8O. The number of fused-ring (bicyclic) bond motifs is 1. The Kier molecular flexibility index (Phi) is 5.47. The van der Waals surface area contributed by atoms with Gasteiger partial charge in [0.15, 0.2) is 0 Å². The van der Waals surface area contributed by atoms with Gasteiger partial charge in [-0.2, -0.15) is 15.3 Å². The van der Waals surface area contributed by atoms with Gasteiger partial charge in [0, 0.05) is 43.5 Å². The van der Waals surface area contributed by atoms with Crippen molar-refractivity contribution < 1.29 is 4.79 Å². The fraction of sp³-hybridized carbons (Fsp3) is 0.458. The minimum Gasteiger partial charge on any atom is -0.349 e. The molecule has 1 aliphatic rings. The van der Waals surface area contributed by atoms with Gasteiger partial charge in [0.05, 0.1) is 53.8 Å². The first-order valence-electron chi connectivity index (χ1n) is 11.6. The maximum absolute atomic E-state index is 12.2. The Bertz CT molecular complexity index is 1270. The van der Waals surface area contributed by atoms with E-state index in [0.29, 0.717) is 6.04 Å². The highest BCUT2D eigenvalue weighted by molar-refractivity contribution is 5.79. The van der Waals surface area contributed by atoms with Gasteiger partial charge in [-0.1, -0.05) is 13.8 Å². The van der Waals surface area contributed by atoms with Gasteiger partial charge >= 0.3 is 0 Å². The third-order valence-corrected chi connectivity index (χ3v) is 6.76. The molecule has 0 unspecified atom stereocenters. The Labute approximate surface area is 193 Å². The molecule has 0 aromatic carbocycles. The lowest BCUT2D eigenvalue weighted by atomic mass is 9.79. The van der Waals surface area contributed by atoms with E-state index >= 15 is 0 Å². The quantitative estimate of drug-likeness (QED) is 0.430. The van der Waals surface area contributed by atoms with E-state index in [-0.39, 0.29) is 17.9 Å². The van der Waals surface area contributed by atoms with Crippen molar-refractivity contribution in [3.8, 4) is 22.5 Å². The monoisotopic (exact) mass is 446 g/mol. The van der Waals surface area contributed by atoms with Crippen molar-refractivity contribution in [2.45, 2.75) is 51.6 Å². The van der Waals surface area contributed by atoms with Crippen molar-refractivity contribution >= 4 is 11.4 Å². The molecule has 1 aliphatic carbocycles. The molecule has 0 aliphatic heterocycles.